The number of H-pyrrole nitrogens is 1. The molecule has 2 N–H and O–H groups in total. The summed E-state index contributed by atoms with van der Waals surface area (Å²) >= 11 is 5.96. The van der Waals surface area contributed by atoms with Crippen molar-refractivity contribution in [2.24, 2.45) is 0 Å². The lowest BCUT2D eigenvalue weighted by molar-refractivity contribution is 0.102. The van der Waals surface area contributed by atoms with Crippen LogP contribution in [0.5, 0.6) is 11.5 Å². The monoisotopic (exact) mass is 401 g/mol. The van der Waals surface area contributed by atoms with Crippen LogP contribution >= 0.6 is 11.6 Å². The summed E-state index contributed by atoms with van der Waals surface area (Å²) in [6.45, 7) is 0. The molecule has 0 aliphatic rings. The second-order valence-electron chi connectivity index (χ2n) is 5.65. The fourth-order valence-corrected chi connectivity index (χ4v) is 2.76. The van der Waals surface area contributed by atoms with Crippen LogP contribution in [0.15, 0.2) is 58.3 Å². The van der Waals surface area contributed by atoms with Crippen LogP contribution in [0.4, 0.5) is 5.69 Å². The van der Waals surface area contributed by atoms with Gasteiger partial charge in [0.1, 0.15) is 17.1 Å². The van der Waals surface area contributed by atoms with Crippen molar-refractivity contribution in [2.45, 2.75) is 0 Å². The number of nitrogens with one attached hydrogen (secondary N) is 2. The number of anilines is 1. The van der Waals surface area contributed by atoms with Gasteiger partial charge in [0.05, 0.1) is 25.6 Å². The second kappa shape index (κ2) is 8.01. The first-order valence-electron chi connectivity index (χ1n) is 8.08. The van der Waals surface area contributed by atoms with E-state index >= 15 is 0 Å². The Kier molecular flexibility index (Phi) is 5.51. The van der Waals surface area contributed by atoms with Crippen molar-refractivity contribution < 1.29 is 14.3 Å². The minimum atomic E-state index is -0.782. The molecule has 8 nitrogen and oxygen atoms in total. The van der Waals surface area contributed by atoms with Crippen molar-refractivity contribution in [1.82, 2.24) is 9.55 Å². The lowest BCUT2D eigenvalue weighted by atomic mass is 10.2. The summed E-state index contributed by atoms with van der Waals surface area (Å²) < 4.78 is 11.1. The van der Waals surface area contributed by atoms with Crippen LogP contribution in [0.3, 0.4) is 0 Å². The Morgan fingerprint density at radius 1 is 1.11 bits per heavy atom. The number of hydrogen-bond donors (Lipinski definition) is 2. The van der Waals surface area contributed by atoms with Gasteiger partial charge in [0, 0.05) is 17.3 Å². The zero-order chi connectivity index (χ0) is 20.3. The molecule has 0 unspecified atom stereocenters. The van der Waals surface area contributed by atoms with E-state index in [1.54, 1.807) is 30.3 Å². The Bertz CT molecular complexity index is 1150. The Balaban J connectivity index is 2.04. The fourth-order valence-electron chi connectivity index (χ4n) is 2.59. The number of rotatable bonds is 5. The van der Waals surface area contributed by atoms with Gasteiger partial charge in [0.15, 0.2) is 0 Å². The number of aromatic amines is 1. The molecule has 28 heavy (non-hydrogen) atoms. The number of methoxy groups -OCH3 is 2. The van der Waals surface area contributed by atoms with Gasteiger partial charge in [-0.15, -0.1) is 0 Å². The Hall–Kier alpha value is -3.52. The lowest BCUT2D eigenvalue weighted by Crippen LogP contribution is -2.38. The lowest BCUT2D eigenvalue weighted by Gasteiger charge is -2.11. The van der Waals surface area contributed by atoms with Gasteiger partial charge in [0.25, 0.3) is 11.5 Å². The van der Waals surface area contributed by atoms with Gasteiger partial charge in [-0.25, -0.2) is 9.36 Å². The number of carbonyl (C=O) groups excluding carboxylic acids is 1. The predicted octanol–water partition coefficient (Wildman–Crippen LogP) is 2.45. The van der Waals surface area contributed by atoms with Crippen LogP contribution in [0, 0.1) is 0 Å². The zero-order valence-corrected chi connectivity index (χ0v) is 15.7. The van der Waals surface area contributed by atoms with Crippen LogP contribution < -0.4 is 26.0 Å². The quantitative estimate of drug-likeness (QED) is 0.683. The van der Waals surface area contributed by atoms with Gasteiger partial charge >= 0.3 is 5.69 Å². The van der Waals surface area contributed by atoms with Crippen LogP contribution in [0.1, 0.15) is 10.4 Å². The average Bonchev–Trinajstić information content (AvgIpc) is 2.68. The smallest absolute Gasteiger partial charge is 0.333 e. The summed E-state index contributed by atoms with van der Waals surface area (Å²) in [6.07, 6.45) is 1.06. The minimum absolute atomic E-state index is 0.260. The van der Waals surface area contributed by atoms with Crippen molar-refractivity contribution in [3.8, 4) is 17.2 Å². The topological polar surface area (TPSA) is 102 Å². The van der Waals surface area contributed by atoms with Gasteiger partial charge in [0.2, 0.25) is 0 Å². The number of benzene rings is 2. The van der Waals surface area contributed by atoms with Crippen molar-refractivity contribution in [3.63, 3.8) is 0 Å². The SMILES string of the molecule is COc1cccc(-n2c(=O)[nH]cc(C(=O)Nc3cc(Cl)ccc3OC)c2=O)c1. The van der Waals surface area contributed by atoms with Gasteiger partial charge in [-0.3, -0.25) is 9.59 Å². The van der Waals surface area contributed by atoms with E-state index in [9.17, 15) is 14.4 Å². The maximum atomic E-state index is 12.8. The fraction of sp³-hybridized carbons (Fsp3) is 0.105. The molecule has 0 saturated carbocycles. The van der Waals surface area contributed by atoms with E-state index in [1.165, 1.54) is 26.4 Å². The first kappa shape index (κ1) is 19.2. The summed E-state index contributed by atoms with van der Waals surface area (Å²) in [4.78, 5) is 40.1. The molecule has 2 aromatic carbocycles. The number of amides is 1. The first-order chi connectivity index (χ1) is 13.4. The van der Waals surface area contributed by atoms with E-state index in [0.29, 0.717) is 22.2 Å². The van der Waals surface area contributed by atoms with E-state index in [1.807, 2.05) is 0 Å². The highest BCUT2D eigenvalue weighted by atomic mass is 35.5. The molecule has 0 saturated heterocycles. The molecule has 9 heteroatoms. The molecular weight excluding hydrogens is 386 g/mol. The molecule has 1 aromatic heterocycles. The molecule has 3 aromatic rings. The van der Waals surface area contributed by atoms with E-state index in [4.69, 9.17) is 21.1 Å². The highest BCUT2D eigenvalue weighted by Crippen LogP contribution is 2.27. The molecular formula is C19H16ClN3O5. The standard InChI is InChI=1S/C19H16ClN3O5/c1-27-13-5-3-4-12(9-13)23-18(25)14(10-21-19(23)26)17(24)22-15-8-11(20)6-7-16(15)28-2/h3-10H,1-2H3,(H,21,26)(H,22,24). The van der Waals surface area contributed by atoms with E-state index in [0.717, 1.165) is 10.8 Å². The van der Waals surface area contributed by atoms with Crippen LogP contribution in [-0.2, 0) is 0 Å². The molecule has 1 heterocycles. The third-order valence-electron chi connectivity index (χ3n) is 3.94. The number of hydrogen-bond acceptors (Lipinski definition) is 5. The van der Waals surface area contributed by atoms with Gasteiger partial charge in [-0.2, -0.15) is 0 Å². The van der Waals surface area contributed by atoms with Crippen molar-refractivity contribution in [2.75, 3.05) is 19.5 Å². The summed E-state index contributed by atoms with van der Waals surface area (Å²) in [7, 11) is 2.91. The summed E-state index contributed by atoms with van der Waals surface area (Å²) in [5, 5.41) is 2.95. The Labute approximate surface area is 164 Å². The van der Waals surface area contributed by atoms with Crippen LogP contribution in [-0.4, -0.2) is 29.7 Å². The second-order valence-corrected chi connectivity index (χ2v) is 6.08. The van der Waals surface area contributed by atoms with Crippen molar-refractivity contribution in [3.05, 3.63) is 80.1 Å². The number of carbonyl (C=O) groups is 1. The minimum Gasteiger partial charge on any atom is -0.497 e. The predicted molar refractivity (Wildman–Crippen MR) is 105 cm³/mol. The zero-order valence-electron chi connectivity index (χ0n) is 15.0. The molecule has 0 spiro atoms. The van der Waals surface area contributed by atoms with Gasteiger partial charge in [-0.1, -0.05) is 17.7 Å². The summed E-state index contributed by atoms with van der Waals surface area (Å²) in [5.41, 5.74) is -1.17. The largest absolute Gasteiger partial charge is 0.497 e. The van der Waals surface area contributed by atoms with Crippen LogP contribution in [0.25, 0.3) is 5.69 Å². The highest BCUT2D eigenvalue weighted by Gasteiger charge is 2.18. The van der Waals surface area contributed by atoms with E-state index in [-0.39, 0.29) is 11.3 Å². The highest BCUT2D eigenvalue weighted by molar-refractivity contribution is 6.31. The number of halogens is 1. The third-order valence-corrected chi connectivity index (χ3v) is 4.18. The first-order valence-corrected chi connectivity index (χ1v) is 8.46. The van der Waals surface area contributed by atoms with Gasteiger partial charge < -0.3 is 19.8 Å². The molecule has 3 rings (SSSR count). The third kappa shape index (κ3) is 3.77. The number of ether oxygens (including phenoxy) is 2. The summed E-state index contributed by atoms with van der Waals surface area (Å²) in [5.74, 6) is 0.107. The van der Waals surface area contributed by atoms with Gasteiger partial charge in [-0.05, 0) is 30.3 Å². The van der Waals surface area contributed by atoms with E-state index in [2.05, 4.69) is 10.3 Å². The molecule has 0 aliphatic heterocycles. The summed E-state index contributed by atoms with van der Waals surface area (Å²) in [6, 6.07) is 11.0. The number of aromatic nitrogens is 2. The molecule has 0 fully saturated rings. The normalized spacial score (nSPS) is 10.4. The maximum Gasteiger partial charge on any atom is 0.333 e. The molecule has 0 bridgehead atoms. The van der Waals surface area contributed by atoms with Crippen molar-refractivity contribution >= 4 is 23.2 Å². The average molecular weight is 402 g/mol. The van der Waals surface area contributed by atoms with E-state index < -0.39 is 17.2 Å². The molecule has 0 radical (unpaired) electrons. The molecule has 144 valence electrons. The Morgan fingerprint density at radius 3 is 2.61 bits per heavy atom. The maximum absolute atomic E-state index is 12.8. The molecule has 0 atom stereocenters. The van der Waals surface area contributed by atoms with Crippen LogP contribution in [0.2, 0.25) is 5.02 Å². The Morgan fingerprint density at radius 2 is 1.89 bits per heavy atom. The molecule has 1 amide bonds. The number of nitrogens with zero attached hydrogens (tertiary/aromatic N) is 1. The molecule has 0 aliphatic carbocycles. The van der Waals surface area contributed by atoms with Crippen molar-refractivity contribution in [1.29, 1.82) is 0 Å².